The Balaban J connectivity index is 1.67. The quantitative estimate of drug-likeness (QED) is 0.685. The molecule has 0 aliphatic heterocycles. The lowest BCUT2D eigenvalue weighted by molar-refractivity contribution is 0.262. The molecular formula is C18H16N4O. The molecule has 3 rings (SSSR count). The number of urea groups is 1. The van der Waals surface area contributed by atoms with Crippen LogP contribution in [0.5, 0.6) is 0 Å². The van der Waals surface area contributed by atoms with Crippen LogP contribution in [0.3, 0.4) is 0 Å². The highest BCUT2D eigenvalue weighted by Gasteiger charge is 2.03. The van der Waals surface area contributed by atoms with E-state index in [-0.39, 0.29) is 6.03 Å². The van der Waals surface area contributed by atoms with Crippen LogP contribution >= 0.6 is 0 Å². The van der Waals surface area contributed by atoms with Crippen molar-refractivity contribution in [1.29, 1.82) is 0 Å². The summed E-state index contributed by atoms with van der Waals surface area (Å²) in [6.45, 7) is 0. The fourth-order valence-corrected chi connectivity index (χ4v) is 2.19. The predicted molar refractivity (Wildman–Crippen MR) is 93.2 cm³/mol. The number of nitrogens with one attached hydrogen (secondary N) is 2. The van der Waals surface area contributed by atoms with Gasteiger partial charge in [-0.3, -0.25) is 0 Å². The number of nitrogens with zero attached hydrogens (tertiary/aromatic N) is 1. The van der Waals surface area contributed by atoms with Crippen molar-refractivity contribution in [3.63, 3.8) is 0 Å². The lowest BCUT2D eigenvalue weighted by atomic mass is 10.1. The fraction of sp³-hybridized carbons (Fsp3) is 0. The molecule has 1 aromatic heterocycles. The van der Waals surface area contributed by atoms with Gasteiger partial charge in [0.25, 0.3) is 0 Å². The van der Waals surface area contributed by atoms with Gasteiger partial charge >= 0.3 is 6.03 Å². The number of amides is 2. The summed E-state index contributed by atoms with van der Waals surface area (Å²) in [5.41, 5.74) is 9.14. The highest BCUT2D eigenvalue weighted by molar-refractivity contribution is 5.99. The van der Waals surface area contributed by atoms with E-state index in [9.17, 15) is 4.79 Å². The van der Waals surface area contributed by atoms with Gasteiger partial charge in [-0.2, -0.15) is 0 Å². The number of hydrogen-bond donors (Lipinski definition) is 3. The van der Waals surface area contributed by atoms with Gasteiger partial charge in [-0.25, -0.2) is 9.78 Å². The number of pyridine rings is 1. The van der Waals surface area contributed by atoms with Gasteiger partial charge in [-0.1, -0.05) is 30.3 Å². The molecule has 0 saturated carbocycles. The average molecular weight is 304 g/mol. The van der Waals surface area contributed by atoms with Crippen LogP contribution in [-0.4, -0.2) is 11.0 Å². The van der Waals surface area contributed by atoms with Gasteiger partial charge in [0.05, 0.1) is 0 Å². The summed E-state index contributed by atoms with van der Waals surface area (Å²) in [6, 6.07) is 20.2. The first-order chi connectivity index (χ1) is 11.2. The SMILES string of the molecule is Nc1cc(-c2ccc(NC(=O)Nc3ccccc3)cc2)ccn1. The van der Waals surface area contributed by atoms with Crippen molar-refractivity contribution < 1.29 is 4.79 Å². The third-order valence-electron chi connectivity index (χ3n) is 3.29. The summed E-state index contributed by atoms with van der Waals surface area (Å²) in [5, 5.41) is 5.56. The van der Waals surface area contributed by atoms with Crippen LogP contribution in [0.15, 0.2) is 72.9 Å². The molecule has 2 aromatic carbocycles. The summed E-state index contributed by atoms with van der Waals surface area (Å²) in [7, 11) is 0. The minimum atomic E-state index is -0.280. The highest BCUT2D eigenvalue weighted by atomic mass is 16.2. The van der Waals surface area contributed by atoms with E-state index >= 15 is 0 Å². The molecule has 2 amide bonds. The molecule has 114 valence electrons. The standard InChI is InChI=1S/C18H16N4O/c19-17-12-14(10-11-20-17)13-6-8-16(9-7-13)22-18(23)21-15-4-2-1-3-5-15/h1-12H,(H2,19,20)(H2,21,22,23). The van der Waals surface area contributed by atoms with Crippen molar-refractivity contribution in [1.82, 2.24) is 4.98 Å². The van der Waals surface area contributed by atoms with E-state index in [1.165, 1.54) is 0 Å². The number of nitrogens with two attached hydrogens (primary N) is 1. The molecule has 23 heavy (non-hydrogen) atoms. The van der Waals surface area contributed by atoms with Crippen molar-refractivity contribution in [3.05, 3.63) is 72.9 Å². The fourth-order valence-electron chi connectivity index (χ4n) is 2.19. The number of anilines is 3. The molecule has 0 saturated heterocycles. The van der Waals surface area contributed by atoms with Crippen LogP contribution in [0.1, 0.15) is 0 Å². The largest absolute Gasteiger partial charge is 0.384 e. The smallest absolute Gasteiger partial charge is 0.323 e. The Morgan fingerprint density at radius 3 is 2.13 bits per heavy atom. The van der Waals surface area contributed by atoms with E-state index in [1.807, 2.05) is 66.7 Å². The first kappa shape index (κ1) is 14.6. The molecule has 4 N–H and O–H groups in total. The normalized spacial score (nSPS) is 10.1. The number of nitrogen functional groups attached to an aromatic ring is 1. The Morgan fingerprint density at radius 2 is 1.48 bits per heavy atom. The van der Waals surface area contributed by atoms with Crippen LogP contribution in [0.2, 0.25) is 0 Å². The molecule has 0 aliphatic carbocycles. The van der Waals surface area contributed by atoms with Crippen molar-refractivity contribution in [3.8, 4) is 11.1 Å². The van der Waals surface area contributed by atoms with Crippen molar-refractivity contribution >= 4 is 23.2 Å². The third kappa shape index (κ3) is 3.85. The molecule has 0 radical (unpaired) electrons. The highest BCUT2D eigenvalue weighted by Crippen LogP contribution is 2.22. The second kappa shape index (κ2) is 6.62. The first-order valence-electron chi connectivity index (χ1n) is 7.16. The molecule has 1 heterocycles. The van der Waals surface area contributed by atoms with E-state index in [0.29, 0.717) is 11.5 Å². The van der Waals surface area contributed by atoms with E-state index in [2.05, 4.69) is 15.6 Å². The van der Waals surface area contributed by atoms with Crippen LogP contribution in [0, 0.1) is 0 Å². The minimum Gasteiger partial charge on any atom is -0.384 e. The number of hydrogen-bond acceptors (Lipinski definition) is 3. The molecule has 0 spiro atoms. The number of aromatic nitrogens is 1. The molecule has 0 atom stereocenters. The summed E-state index contributed by atoms with van der Waals surface area (Å²) < 4.78 is 0. The van der Waals surface area contributed by atoms with Gasteiger partial charge in [0.2, 0.25) is 0 Å². The van der Waals surface area contributed by atoms with Crippen molar-refractivity contribution in [2.75, 3.05) is 16.4 Å². The second-order valence-corrected chi connectivity index (χ2v) is 4.99. The second-order valence-electron chi connectivity index (χ2n) is 4.99. The van der Waals surface area contributed by atoms with E-state index in [4.69, 9.17) is 5.73 Å². The zero-order chi connectivity index (χ0) is 16.1. The van der Waals surface area contributed by atoms with E-state index in [0.717, 1.165) is 16.8 Å². The van der Waals surface area contributed by atoms with Crippen LogP contribution in [0.4, 0.5) is 22.0 Å². The number of carbonyl (C=O) groups is 1. The molecule has 0 fully saturated rings. The number of benzene rings is 2. The predicted octanol–water partition coefficient (Wildman–Crippen LogP) is 3.97. The van der Waals surface area contributed by atoms with Crippen molar-refractivity contribution in [2.45, 2.75) is 0 Å². The minimum absolute atomic E-state index is 0.280. The Morgan fingerprint density at radius 1 is 0.826 bits per heavy atom. The molecule has 3 aromatic rings. The van der Waals surface area contributed by atoms with Gasteiger partial charge in [0, 0.05) is 17.6 Å². The average Bonchev–Trinajstić information content (AvgIpc) is 2.56. The topological polar surface area (TPSA) is 80.0 Å². The maximum absolute atomic E-state index is 11.9. The van der Waals surface area contributed by atoms with E-state index < -0.39 is 0 Å². The third-order valence-corrected chi connectivity index (χ3v) is 3.29. The Kier molecular flexibility index (Phi) is 4.20. The summed E-state index contributed by atoms with van der Waals surface area (Å²) >= 11 is 0. The van der Waals surface area contributed by atoms with Gasteiger partial charge in [0.1, 0.15) is 5.82 Å². The van der Waals surface area contributed by atoms with Gasteiger partial charge in [-0.15, -0.1) is 0 Å². The molecular weight excluding hydrogens is 288 g/mol. The van der Waals surface area contributed by atoms with Gasteiger partial charge in [-0.05, 0) is 47.5 Å². The zero-order valence-electron chi connectivity index (χ0n) is 12.4. The summed E-state index contributed by atoms with van der Waals surface area (Å²) in [4.78, 5) is 15.9. The lowest BCUT2D eigenvalue weighted by Crippen LogP contribution is -2.19. The van der Waals surface area contributed by atoms with Gasteiger partial charge < -0.3 is 16.4 Å². The Hall–Kier alpha value is -3.34. The van der Waals surface area contributed by atoms with E-state index in [1.54, 1.807) is 6.20 Å². The zero-order valence-corrected chi connectivity index (χ0v) is 12.4. The van der Waals surface area contributed by atoms with Crippen molar-refractivity contribution in [2.24, 2.45) is 0 Å². The molecule has 5 heteroatoms. The van der Waals surface area contributed by atoms with Crippen LogP contribution in [0.25, 0.3) is 11.1 Å². The molecule has 0 bridgehead atoms. The maximum atomic E-state index is 11.9. The summed E-state index contributed by atoms with van der Waals surface area (Å²) in [5.74, 6) is 0.479. The van der Waals surface area contributed by atoms with Crippen LogP contribution in [-0.2, 0) is 0 Å². The Bertz CT molecular complexity index is 801. The maximum Gasteiger partial charge on any atom is 0.323 e. The Labute approximate surface area is 134 Å². The molecule has 5 nitrogen and oxygen atoms in total. The first-order valence-corrected chi connectivity index (χ1v) is 7.16. The van der Waals surface area contributed by atoms with Crippen LogP contribution < -0.4 is 16.4 Å². The molecule has 0 aliphatic rings. The lowest BCUT2D eigenvalue weighted by Gasteiger charge is -2.08. The number of para-hydroxylation sites is 1. The monoisotopic (exact) mass is 304 g/mol. The summed E-state index contributed by atoms with van der Waals surface area (Å²) in [6.07, 6.45) is 1.67. The number of carbonyl (C=O) groups excluding carboxylic acids is 1. The number of rotatable bonds is 3. The molecule has 0 unspecified atom stereocenters. The van der Waals surface area contributed by atoms with Gasteiger partial charge in [0.15, 0.2) is 0 Å².